The molecule has 0 amide bonds. The van der Waals surface area contributed by atoms with Crippen molar-refractivity contribution in [2.75, 3.05) is 32.2 Å². The van der Waals surface area contributed by atoms with Crippen LogP contribution in [0.4, 0.5) is 5.82 Å². The maximum atomic E-state index is 12.8. The van der Waals surface area contributed by atoms with E-state index >= 15 is 0 Å². The summed E-state index contributed by atoms with van der Waals surface area (Å²) in [4.78, 5) is 61.7. The van der Waals surface area contributed by atoms with E-state index in [1.54, 1.807) is 0 Å². The summed E-state index contributed by atoms with van der Waals surface area (Å²) >= 11 is 0. The van der Waals surface area contributed by atoms with Crippen molar-refractivity contribution in [1.82, 2.24) is 9.55 Å². The molecular formula is C47H79N3O16P2. The lowest BCUT2D eigenvalue weighted by atomic mass is 10.0. The van der Waals surface area contributed by atoms with E-state index in [1.807, 2.05) is 12.2 Å². The van der Waals surface area contributed by atoms with Crippen LogP contribution in [-0.2, 0) is 46.3 Å². The molecule has 1 aliphatic rings. The third-order valence-electron chi connectivity index (χ3n) is 10.6. The Kier molecular flexibility index (Phi) is 31.9. The summed E-state index contributed by atoms with van der Waals surface area (Å²) in [6.45, 7) is 2.34. The number of esters is 2. The fraction of sp³-hybridized carbons (Fsp3) is 0.702. The maximum absolute atomic E-state index is 12.8. The number of ether oxygens (including phenoxy) is 3. The highest BCUT2D eigenvalue weighted by molar-refractivity contribution is 7.61. The van der Waals surface area contributed by atoms with Crippen molar-refractivity contribution < 1.29 is 71.4 Å². The predicted octanol–water partition coefficient (Wildman–Crippen LogP) is 8.22. The van der Waals surface area contributed by atoms with Gasteiger partial charge >= 0.3 is 33.3 Å². The summed E-state index contributed by atoms with van der Waals surface area (Å²) in [5.41, 5.74) is 4.57. The first kappa shape index (κ1) is 60.8. The first-order valence-corrected chi connectivity index (χ1v) is 27.1. The van der Waals surface area contributed by atoms with Crippen LogP contribution in [-0.4, -0.2) is 97.4 Å². The molecule has 7 atom stereocenters. The number of carbonyl (C=O) groups excluding carboxylic acids is 2. The molecule has 1 saturated heterocycles. The molecule has 2 heterocycles. The van der Waals surface area contributed by atoms with E-state index < -0.39 is 83.7 Å². The minimum Gasteiger partial charge on any atom is -0.462 e. The number of rotatable bonds is 39. The van der Waals surface area contributed by atoms with Crippen molar-refractivity contribution in [1.29, 1.82) is 0 Å². The molecule has 2 rings (SSSR count). The molecular weight excluding hydrogens is 924 g/mol. The second kappa shape index (κ2) is 35.7. The molecule has 0 aromatic carbocycles. The number of unbranched alkanes of at least 4 members (excludes halogenated alkanes) is 12. The molecule has 1 aromatic rings. The second-order valence-corrected chi connectivity index (χ2v) is 20.2. The van der Waals surface area contributed by atoms with Crippen LogP contribution in [0.15, 0.2) is 65.7 Å². The van der Waals surface area contributed by atoms with Gasteiger partial charge in [-0.05, 0) is 69.8 Å². The van der Waals surface area contributed by atoms with Crippen molar-refractivity contribution in [3.8, 4) is 0 Å². The van der Waals surface area contributed by atoms with Gasteiger partial charge in [0, 0.05) is 25.6 Å². The zero-order valence-corrected chi connectivity index (χ0v) is 41.8. The van der Waals surface area contributed by atoms with Crippen LogP contribution < -0.4 is 11.4 Å². The summed E-state index contributed by atoms with van der Waals surface area (Å²) in [6.07, 6.45) is 28.1. The molecule has 388 valence electrons. The Morgan fingerprint density at radius 3 is 1.90 bits per heavy atom. The first-order chi connectivity index (χ1) is 32.5. The Labute approximate surface area is 402 Å². The van der Waals surface area contributed by atoms with Gasteiger partial charge in [-0.2, -0.15) is 9.29 Å². The van der Waals surface area contributed by atoms with Crippen LogP contribution in [0, 0.1) is 5.92 Å². The molecule has 1 fully saturated rings. The molecule has 0 saturated carbocycles. The Morgan fingerprint density at radius 1 is 0.750 bits per heavy atom. The first-order valence-electron chi connectivity index (χ1n) is 24.1. The maximum Gasteiger partial charge on any atom is 0.481 e. The summed E-state index contributed by atoms with van der Waals surface area (Å²) < 4.78 is 56.6. The van der Waals surface area contributed by atoms with Crippen molar-refractivity contribution in [2.24, 2.45) is 5.92 Å². The largest absolute Gasteiger partial charge is 0.481 e. The van der Waals surface area contributed by atoms with Gasteiger partial charge in [0.1, 0.15) is 30.7 Å². The number of aliphatic hydroxyl groups excluding tert-OH is 3. The smallest absolute Gasteiger partial charge is 0.462 e. The van der Waals surface area contributed by atoms with E-state index in [-0.39, 0.29) is 25.3 Å². The monoisotopic (exact) mass is 1000 g/mol. The van der Waals surface area contributed by atoms with Gasteiger partial charge in [-0.1, -0.05) is 127 Å². The van der Waals surface area contributed by atoms with Crippen molar-refractivity contribution in [2.45, 2.75) is 179 Å². The fourth-order valence-electron chi connectivity index (χ4n) is 6.88. The average Bonchev–Trinajstić information content (AvgIpc) is 3.56. The zero-order chi connectivity index (χ0) is 50.0. The van der Waals surface area contributed by atoms with Crippen LogP contribution in [0.1, 0.15) is 155 Å². The van der Waals surface area contributed by atoms with Gasteiger partial charge in [0.2, 0.25) is 0 Å². The standard InChI is InChI=1S/C47H79N3O16P2/c1-38(2)29-25-21-17-13-12-15-19-23-27-31-43(53)64-39(35-61-42(52)30-26-22-18-14-10-8-6-4-3-5-7-9-11-16-20-24-28-34-51)36-62-67(57,58)66-68(59,60)63-37-40-44(54)45(55)46(65-40)50-33-32-41(48)49-47(50)56/h3,5-6,8-9,11,14,18,32-33,38-40,44-46,51,54-55H,4,7,10,12-13,15-17,19-31,34-37H2,1-2H3,(H,57,58)(H,59,60)(H2,48,49,56)/b5-3-,8-6-,11-9-,18-14-/t39-,40-,44-,45-,46-/m1/s1. The Morgan fingerprint density at radius 2 is 1.29 bits per heavy atom. The molecule has 0 radical (unpaired) electrons. The van der Waals surface area contributed by atoms with Gasteiger partial charge in [0.05, 0.1) is 13.2 Å². The number of carbonyl (C=O) groups is 2. The number of hydrogen-bond donors (Lipinski definition) is 6. The summed E-state index contributed by atoms with van der Waals surface area (Å²) in [5, 5.41) is 29.7. The number of aliphatic hydroxyl groups is 3. The molecule has 1 aromatic heterocycles. The average molecular weight is 1000 g/mol. The fourth-order valence-corrected chi connectivity index (χ4v) is 8.99. The lowest BCUT2D eigenvalue weighted by Crippen LogP contribution is -2.36. The topological polar surface area (TPSA) is 286 Å². The van der Waals surface area contributed by atoms with E-state index in [0.29, 0.717) is 19.3 Å². The molecule has 68 heavy (non-hydrogen) atoms. The number of anilines is 1. The molecule has 21 heteroatoms. The number of hydrogen-bond acceptors (Lipinski definition) is 16. The molecule has 1 aliphatic heterocycles. The highest BCUT2D eigenvalue weighted by atomic mass is 31.3. The number of nitrogen functional groups attached to an aromatic ring is 1. The predicted molar refractivity (Wildman–Crippen MR) is 258 cm³/mol. The van der Waals surface area contributed by atoms with Crippen LogP contribution in [0.3, 0.4) is 0 Å². The number of nitrogens with two attached hydrogens (primary N) is 1. The molecule has 19 nitrogen and oxygen atoms in total. The van der Waals surface area contributed by atoms with E-state index in [2.05, 4.69) is 59.6 Å². The van der Waals surface area contributed by atoms with Crippen molar-refractivity contribution >= 4 is 33.4 Å². The minimum atomic E-state index is -5.44. The molecule has 0 aliphatic carbocycles. The van der Waals surface area contributed by atoms with E-state index in [1.165, 1.54) is 38.2 Å². The number of phosphoric acid groups is 2. The molecule has 0 bridgehead atoms. The SMILES string of the molecule is CC(C)CCCCCCCCCCCC(=O)O[C@H](COC(=O)CCC/C=C\C/C=C\C/C=C\C/C=C\CCCCCO)COP(=O)(O)OP(=O)(O)OC[C@H]1O[C@@H](n2ccc(N)nc2=O)[C@H](O)[C@@H]1O. The van der Waals surface area contributed by atoms with Crippen LogP contribution in [0.25, 0.3) is 0 Å². The molecule has 7 N–H and O–H groups in total. The summed E-state index contributed by atoms with van der Waals surface area (Å²) in [6, 6.07) is 1.24. The van der Waals surface area contributed by atoms with Crippen LogP contribution >= 0.6 is 15.6 Å². The highest BCUT2D eigenvalue weighted by Crippen LogP contribution is 2.60. The number of phosphoric ester groups is 2. The highest BCUT2D eigenvalue weighted by Gasteiger charge is 2.46. The summed E-state index contributed by atoms with van der Waals surface area (Å²) in [7, 11) is -10.9. The van der Waals surface area contributed by atoms with Crippen molar-refractivity contribution in [3.63, 3.8) is 0 Å². The van der Waals surface area contributed by atoms with Crippen molar-refractivity contribution in [3.05, 3.63) is 71.4 Å². The van der Waals surface area contributed by atoms with Crippen LogP contribution in [0.5, 0.6) is 0 Å². The van der Waals surface area contributed by atoms with E-state index in [0.717, 1.165) is 87.3 Å². The number of nitrogens with zero attached hydrogens (tertiary/aromatic N) is 2. The quantitative estimate of drug-likeness (QED) is 0.0157. The van der Waals surface area contributed by atoms with Crippen LogP contribution in [0.2, 0.25) is 0 Å². The lowest BCUT2D eigenvalue weighted by molar-refractivity contribution is -0.161. The number of allylic oxidation sites excluding steroid dienone is 8. The Bertz CT molecular complexity index is 1840. The second-order valence-electron chi connectivity index (χ2n) is 17.2. The Balaban J connectivity index is 1.83. The van der Waals surface area contributed by atoms with Gasteiger partial charge in [0.15, 0.2) is 12.3 Å². The summed E-state index contributed by atoms with van der Waals surface area (Å²) in [5.74, 6) is -0.659. The third kappa shape index (κ3) is 29.0. The Hall–Kier alpha value is -3.32. The van der Waals surface area contributed by atoms with E-state index in [4.69, 9.17) is 34.1 Å². The molecule has 0 spiro atoms. The normalized spacial score (nSPS) is 19.9. The third-order valence-corrected chi connectivity index (χ3v) is 13.3. The van der Waals surface area contributed by atoms with E-state index in [9.17, 15) is 43.5 Å². The van der Waals surface area contributed by atoms with Gasteiger partial charge in [-0.3, -0.25) is 23.2 Å². The molecule has 2 unspecified atom stereocenters. The number of aromatic nitrogens is 2. The minimum absolute atomic E-state index is 0.0321. The van der Waals surface area contributed by atoms with Gasteiger partial charge in [0.25, 0.3) is 0 Å². The lowest BCUT2D eigenvalue weighted by Gasteiger charge is -2.21. The zero-order valence-electron chi connectivity index (χ0n) is 40.0. The van der Waals surface area contributed by atoms with Gasteiger partial charge in [-0.15, -0.1) is 0 Å². The van der Waals surface area contributed by atoms with Gasteiger partial charge in [-0.25, -0.2) is 13.9 Å². The van der Waals surface area contributed by atoms with Gasteiger partial charge < -0.3 is 45.1 Å².